The molecule has 1 aromatic rings. The van der Waals surface area contributed by atoms with E-state index >= 15 is 0 Å². The van der Waals surface area contributed by atoms with E-state index in [-0.39, 0.29) is 18.2 Å². The Morgan fingerprint density at radius 3 is 2.79 bits per heavy atom. The molecule has 1 saturated heterocycles. The lowest BCUT2D eigenvalue weighted by Crippen LogP contribution is -2.22. The van der Waals surface area contributed by atoms with Crippen molar-refractivity contribution in [2.75, 3.05) is 30.3 Å². The Bertz CT molecular complexity index is 450. The number of aliphatic hydroxyl groups excluding tert-OH is 1. The minimum atomic E-state index is -4.42. The summed E-state index contributed by atoms with van der Waals surface area (Å²) >= 11 is 0. The standard InChI is InChI=1S/C12H16F3N3O/c13-12(14,15)9-5-10(16)17-11(6-9)18-3-1-8(7-18)2-4-19/h5-6,8,19H,1-4,7H2,(H2,16,17). The SMILES string of the molecule is Nc1cc(C(F)(F)F)cc(N2CCC(CCO)C2)n1. The van der Waals surface area contributed by atoms with Crippen molar-refractivity contribution in [2.45, 2.75) is 19.0 Å². The van der Waals surface area contributed by atoms with Crippen LogP contribution < -0.4 is 10.6 Å². The van der Waals surface area contributed by atoms with Crippen LogP contribution in [-0.2, 0) is 6.18 Å². The summed E-state index contributed by atoms with van der Waals surface area (Å²) in [5.74, 6) is 0.422. The van der Waals surface area contributed by atoms with Gasteiger partial charge in [0, 0.05) is 19.7 Å². The van der Waals surface area contributed by atoms with Crippen LogP contribution in [0.5, 0.6) is 0 Å². The third kappa shape index (κ3) is 3.28. The maximum atomic E-state index is 12.7. The first-order chi connectivity index (χ1) is 8.90. The van der Waals surface area contributed by atoms with Gasteiger partial charge in [-0.1, -0.05) is 0 Å². The van der Waals surface area contributed by atoms with Crippen molar-refractivity contribution in [3.8, 4) is 0 Å². The zero-order chi connectivity index (χ0) is 14.0. The highest BCUT2D eigenvalue weighted by molar-refractivity contribution is 5.50. The number of rotatable bonds is 3. The molecule has 1 aromatic heterocycles. The average Bonchev–Trinajstić information content (AvgIpc) is 2.76. The smallest absolute Gasteiger partial charge is 0.396 e. The molecule has 1 unspecified atom stereocenters. The van der Waals surface area contributed by atoms with E-state index in [1.807, 2.05) is 0 Å². The molecule has 3 N–H and O–H groups in total. The molecule has 0 spiro atoms. The number of alkyl halides is 3. The molecule has 1 aliphatic rings. The predicted molar refractivity (Wildman–Crippen MR) is 65.7 cm³/mol. The highest BCUT2D eigenvalue weighted by atomic mass is 19.4. The van der Waals surface area contributed by atoms with Crippen LogP contribution in [0.15, 0.2) is 12.1 Å². The molecule has 4 nitrogen and oxygen atoms in total. The van der Waals surface area contributed by atoms with Gasteiger partial charge in [-0.25, -0.2) is 4.98 Å². The molecule has 0 aliphatic carbocycles. The van der Waals surface area contributed by atoms with E-state index in [2.05, 4.69) is 4.98 Å². The summed E-state index contributed by atoms with van der Waals surface area (Å²) in [5.41, 5.74) is 4.66. The van der Waals surface area contributed by atoms with Gasteiger partial charge in [0.1, 0.15) is 11.6 Å². The van der Waals surface area contributed by atoms with Crippen LogP contribution in [0.2, 0.25) is 0 Å². The number of aromatic nitrogens is 1. The molecule has 1 atom stereocenters. The Labute approximate surface area is 109 Å². The van der Waals surface area contributed by atoms with Gasteiger partial charge < -0.3 is 15.7 Å². The maximum Gasteiger partial charge on any atom is 0.416 e. The summed E-state index contributed by atoms with van der Waals surface area (Å²) in [4.78, 5) is 5.75. The first-order valence-electron chi connectivity index (χ1n) is 6.10. The number of aliphatic hydroxyl groups is 1. The topological polar surface area (TPSA) is 62.4 Å². The molecular formula is C12H16F3N3O. The molecule has 1 fully saturated rings. The van der Waals surface area contributed by atoms with E-state index in [1.165, 1.54) is 0 Å². The zero-order valence-electron chi connectivity index (χ0n) is 10.3. The van der Waals surface area contributed by atoms with E-state index in [1.54, 1.807) is 4.90 Å². The first-order valence-corrected chi connectivity index (χ1v) is 6.10. The molecule has 19 heavy (non-hydrogen) atoms. The Kier molecular flexibility index (Phi) is 3.84. The lowest BCUT2D eigenvalue weighted by molar-refractivity contribution is -0.137. The lowest BCUT2D eigenvalue weighted by Gasteiger charge is -2.19. The molecule has 0 amide bonds. The molecule has 0 aromatic carbocycles. The highest BCUT2D eigenvalue weighted by Crippen LogP contribution is 2.33. The summed E-state index contributed by atoms with van der Waals surface area (Å²) in [7, 11) is 0. The minimum Gasteiger partial charge on any atom is -0.396 e. The maximum absolute atomic E-state index is 12.7. The van der Waals surface area contributed by atoms with Crippen LogP contribution in [0.4, 0.5) is 24.8 Å². The lowest BCUT2D eigenvalue weighted by atomic mass is 10.1. The van der Waals surface area contributed by atoms with Crippen molar-refractivity contribution in [3.63, 3.8) is 0 Å². The third-order valence-corrected chi connectivity index (χ3v) is 3.31. The average molecular weight is 275 g/mol. The van der Waals surface area contributed by atoms with Gasteiger partial charge in [0.15, 0.2) is 0 Å². The number of hydrogen-bond acceptors (Lipinski definition) is 4. The first kappa shape index (κ1) is 13.9. The van der Waals surface area contributed by atoms with Crippen molar-refractivity contribution in [3.05, 3.63) is 17.7 Å². The van der Waals surface area contributed by atoms with Crippen LogP contribution in [0.3, 0.4) is 0 Å². The van der Waals surface area contributed by atoms with Gasteiger partial charge in [-0.15, -0.1) is 0 Å². The summed E-state index contributed by atoms with van der Waals surface area (Å²) in [6.45, 7) is 1.34. The Morgan fingerprint density at radius 1 is 1.42 bits per heavy atom. The van der Waals surface area contributed by atoms with E-state index in [9.17, 15) is 13.2 Å². The second-order valence-electron chi connectivity index (χ2n) is 4.75. The van der Waals surface area contributed by atoms with Crippen molar-refractivity contribution in [2.24, 2.45) is 5.92 Å². The number of nitrogens with two attached hydrogens (primary N) is 1. The summed E-state index contributed by atoms with van der Waals surface area (Å²) in [6, 6.07) is 1.86. The number of nitrogen functional groups attached to an aromatic ring is 1. The monoisotopic (exact) mass is 275 g/mol. The van der Waals surface area contributed by atoms with Crippen LogP contribution in [0, 0.1) is 5.92 Å². The molecule has 106 valence electrons. The van der Waals surface area contributed by atoms with Gasteiger partial charge in [0.25, 0.3) is 0 Å². The van der Waals surface area contributed by atoms with E-state index in [4.69, 9.17) is 10.8 Å². The molecule has 0 radical (unpaired) electrons. The van der Waals surface area contributed by atoms with Gasteiger partial charge in [0.05, 0.1) is 5.56 Å². The molecule has 2 rings (SSSR count). The second kappa shape index (κ2) is 5.24. The van der Waals surface area contributed by atoms with Gasteiger partial charge in [-0.05, 0) is 30.9 Å². The Balaban J connectivity index is 2.19. The van der Waals surface area contributed by atoms with Crippen LogP contribution in [0.25, 0.3) is 0 Å². The van der Waals surface area contributed by atoms with Crippen molar-refractivity contribution in [1.82, 2.24) is 4.98 Å². The zero-order valence-corrected chi connectivity index (χ0v) is 10.3. The summed E-state index contributed by atoms with van der Waals surface area (Å²) < 4.78 is 38.1. The van der Waals surface area contributed by atoms with Crippen molar-refractivity contribution < 1.29 is 18.3 Å². The van der Waals surface area contributed by atoms with Crippen molar-refractivity contribution in [1.29, 1.82) is 0 Å². The van der Waals surface area contributed by atoms with Gasteiger partial charge in [-0.3, -0.25) is 0 Å². The van der Waals surface area contributed by atoms with Gasteiger partial charge in [0.2, 0.25) is 0 Å². The number of nitrogens with zero attached hydrogens (tertiary/aromatic N) is 2. The van der Waals surface area contributed by atoms with Crippen LogP contribution in [-0.4, -0.2) is 29.8 Å². The molecule has 7 heteroatoms. The largest absolute Gasteiger partial charge is 0.416 e. The fourth-order valence-electron chi connectivity index (χ4n) is 2.32. The van der Waals surface area contributed by atoms with Crippen LogP contribution >= 0.6 is 0 Å². The highest BCUT2D eigenvalue weighted by Gasteiger charge is 2.33. The predicted octanol–water partition coefficient (Wildman–Crippen LogP) is 1.89. The number of halogens is 3. The molecular weight excluding hydrogens is 259 g/mol. The Hall–Kier alpha value is -1.50. The fourth-order valence-corrected chi connectivity index (χ4v) is 2.32. The quantitative estimate of drug-likeness (QED) is 0.884. The van der Waals surface area contributed by atoms with Gasteiger partial charge in [-0.2, -0.15) is 13.2 Å². The fraction of sp³-hybridized carbons (Fsp3) is 0.583. The normalized spacial score (nSPS) is 20.0. The molecule has 2 heterocycles. The Morgan fingerprint density at radius 2 is 2.16 bits per heavy atom. The van der Waals surface area contributed by atoms with E-state index in [0.717, 1.165) is 18.6 Å². The third-order valence-electron chi connectivity index (χ3n) is 3.31. The van der Waals surface area contributed by atoms with Crippen LogP contribution in [0.1, 0.15) is 18.4 Å². The summed E-state index contributed by atoms with van der Waals surface area (Å²) in [6.07, 6.45) is -2.92. The van der Waals surface area contributed by atoms with Gasteiger partial charge >= 0.3 is 6.18 Å². The summed E-state index contributed by atoms with van der Waals surface area (Å²) in [5, 5.41) is 8.88. The minimum absolute atomic E-state index is 0.0939. The van der Waals surface area contributed by atoms with E-state index < -0.39 is 11.7 Å². The second-order valence-corrected chi connectivity index (χ2v) is 4.75. The molecule has 0 saturated carbocycles. The number of anilines is 2. The number of pyridine rings is 1. The molecule has 1 aliphatic heterocycles. The molecule has 0 bridgehead atoms. The van der Waals surface area contributed by atoms with E-state index in [0.29, 0.717) is 25.4 Å². The van der Waals surface area contributed by atoms with Crippen molar-refractivity contribution >= 4 is 11.6 Å². The number of hydrogen-bond donors (Lipinski definition) is 2.